The molecule has 0 radical (unpaired) electrons. The van der Waals surface area contributed by atoms with E-state index in [2.05, 4.69) is 26.0 Å². The van der Waals surface area contributed by atoms with Gasteiger partial charge in [-0.25, -0.2) is 71.7 Å². The van der Waals surface area contributed by atoms with Crippen molar-refractivity contribution in [1.29, 1.82) is 0 Å². The van der Waals surface area contributed by atoms with Crippen LogP contribution in [-0.2, 0) is 85.0 Å². The fraction of sp³-hybridized carbons (Fsp3) is 0.221. The second kappa shape index (κ2) is 43.7. The van der Waals surface area contributed by atoms with Gasteiger partial charge in [-0.2, -0.15) is 0 Å². The number of sulfonamides is 4. The first-order valence-electron chi connectivity index (χ1n) is 42.0. The predicted molar refractivity (Wildman–Crippen MR) is 503 cm³/mol. The van der Waals surface area contributed by atoms with Crippen LogP contribution in [0.2, 0.25) is 5.02 Å². The summed E-state index contributed by atoms with van der Waals surface area (Å²) in [5, 5.41) is 10.3. The Labute approximate surface area is 790 Å². The van der Waals surface area contributed by atoms with Gasteiger partial charge in [0.2, 0.25) is 60.8 Å². The van der Waals surface area contributed by atoms with Gasteiger partial charge in [-0.05, 0) is 139 Å². The lowest BCUT2D eigenvalue weighted by atomic mass is 10.0. The summed E-state index contributed by atoms with van der Waals surface area (Å²) < 4.78 is 150. The molecule has 12 amide bonds. The monoisotopic (exact) mass is 1950 g/mol. The van der Waals surface area contributed by atoms with Crippen LogP contribution in [-0.4, -0.2) is 166 Å². The summed E-state index contributed by atoms with van der Waals surface area (Å²) in [6.45, 7) is 3.63. The molecule has 11 aromatic carbocycles. The molecule has 41 heteroatoms. The van der Waals surface area contributed by atoms with Crippen molar-refractivity contribution in [3.8, 4) is 46.0 Å². The molecule has 0 saturated heterocycles. The number of ether oxygens (including phenoxy) is 8. The van der Waals surface area contributed by atoms with Crippen molar-refractivity contribution in [3.05, 3.63) is 306 Å². The molecule has 0 spiro atoms. The Morgan fingerprint density at radius 3 is 0.882 bits per heavy atom. The molecule has 4 aliphatic heterocycles. The number of benzene rings is 11. The van der Waals surface area contributed by atoms with Crippen molar-refractivity contribution >= 4 is 122 Å². The van der Waals surface area contributed by atoms with Crippen LogP contribution in [0.15, 0.2) is 288 Å². The SMILES string of the molecule is CN(C(=O)[C@H](Cc1ccccc1)NC(=O)NS(=O)(=O)C1(C)CC1)c1ccc2c(c1)OCO2.CN(C(=O)[C@H](Cc1ccccc1)NC(=O)NS(=O)(=O)c1cccc(Cl)c1)c1ccc2c(c1)OCO2.CN(C(=O)[C@H](Cc1ccccc1)NC(=O)NS(=O)(=O)c1ccccc1)c1ccc2c(c1)OCO2.Cc1ccccc1S(=O)(=O)NC(=O)N[C@@H](Cc1ccccc1)C(=O)N(C)c1ccc2c(c1)OCO2. The highest BCUT2D eigenvalue weighted by Crippen LogP contribution is 2.43. The zero-order valence-electron chi connectivity index (χ0n) is 74.0. The minimum Gasteiger partial charge on any atom is -0.454 e. The lowest BCUT2D eigenvalue weighted by Crippen LogP contribution is -2.53. The predicted octanol–water partition coefficient (Wildman–Crippen LogP) is 11.2. The van der Waals surface area contributed by atoms with Crippen molar-refractivity contribution in [1.82, 2.24) is 40.2 Å². The number of carbonyl (C=O) groups excluding carboxylic acids is 8. The molecular weight excluding hydrogens is 1860 g/mol. The van der Waals surface area contributed by atoms with Crippen LogP contribution in [0.25, 0.3) is 0 Å². The standard InChI is InChI=1S/C25H25N3O6S.C24H22ClN3O6S.C24H23N3O6S.C22H25N3O6S/c1-17-8-6-7-11-23(17)35(31,32)27-25(30)26-20(14-18-9-4-3-5-10-18)24(29)28(2)19-12-13-21-22(15-19)34-16-33-21;1-28(18-10-11-21-22(14-18)34-15-33-21)23(29)20(12-16-6-3-2-4-7-16)26-24(30)27-35(31,32)19-9-5-8-17(25)13-19;1-27(18-12-13-21-22(15-18)33-16-32-21)23(28)20(14-17-8-4-2-5-9-17)25-24(29)26-34(30,31)19-10-6-3-7-11-19;1-22(10-11-22)32(28,29)24-21(27)23-17(12-15-6-4-3-5-7-15)20(26)25(2)16-8-9-18-19(13-16)31-14-30-18/h3-13,15,20H,14,16H2,1-2H3,(H2,26,27,30);2-11,13-14,20H,12,15H2,1H3,(H2,26,27,30);2-13,15,20H,14,16H2,1H3,(H2,25,26,29);3-9,13,17H,10-12,14H2,1-2H3,(H2,23,24,27)/t3*20-;17-/m0000/s1. The first-order chi connectivity index (χ1) is 65.0. The van der Waals surface area contributed by atoms with E-state index in [1.54, 1.807) is 151 Å². The lowest BCUT2D eigenvalue weighted by Gasteiger charge is -2.25. The number of nitrogens with zero attached hydrogens (tertiary/aromatic N) is 4. The van der Waals surface area contributed by atoms with Crippen molar-refractivity contribution in [2.45, 2.75) is 96.0 Å². The van der Waals surface area contributed by atoms with E-state index >= 15 is 0 Å². The first-order valence-corrected chi connectivity index (χ1v) is 48.3. The molecule has 36 nitrogen and oxygen atoms in total. The normalized spacial score (nSPS) is 13.9. The maximum Gasteiger partial charge on any atom is 0.329 e. The molecule has 5 aliphatic rings. The van der Waals surface area contributed by atoms with Crippen molar-refractivity contribution < 1.29 is 110 Å². The number of nitrogens with one attached hydrogen (secondary N) is 8. The van der Waals surface area contributed by atoms with E-state index in [4.69, 9.17) is 49.5 Å². The fourth-order valence-corrected chi connectivity index (χ4v) is 18.6. The topological polar surface area (TPSA) is 456 Å². The number of carbonyl (C=O) groups is 8. The second-order valence-corrected chi connectivity index (χ2v) is 39.2. The summed E-state index contributed by atoms with van der Waals surface area (Å²) in [6, 6.07) is 68.0. The molecule has 0 aromatic heterocycles. The number of hydrogen-bond acceptors (Lipinski definition) is 24. The molecule has 136 heavy (non-hydrogen) atoms. The molecule has 8 N–H and O–H groups in total. The summed E-state index contributed by atoms with van der Waals surface area (Å²) in [4.78, 5) is 109. The summed E-state index contributed by atoms with van der Waals surface area (Å²) in [7, 11) is -9.99. The first kappa shape index (κ1) is 98.4. The number of urea groups is 4. The van der Waals surface area contributed by atoms with Crippen LogP contribution in [0.1, 0.15) is 47.6 Å². The van der Waals surface area contributed by atoms with Crippen LogP contribution >= 0.6 is 11.6 Å². The molecule has 0 bridgehead atoms. The maximum atomic E-state index is 13.4. The molecule has 4 heterocycles. The highest BCUT2D eigenvalue weighted by atomic mass is 35.5. The highest BCUT2D eigenvalue weighted by molar-refractivity contribution is 7.92. The molecule has 1 fully saturated rings. The lowest BCUT2D eigenvalue weighted by molar-refractivity contribution is -0.120. The minimum atomic E-state index is -4.21. The van der Waals surface area contributed by atoms with Crippen LogP contribution in [0.3, 0.4) is 0 Å². The Hall–Kier alpha value is -15.1. The Bertz CT molecular complexity index is 6710. The number of halogens is 1. The summed E-state index contributed by atoms with van der Waals surface area (Å²) in [6.07, 6.45) is 1.64. The molecule has 4 atom stereocenters. The summed E-state index contributed by atoms with van der Waals surface area (Å²) in [5.41, 5.74) is 5.83. The van der Waals surface area contributed by atoms with Gasteiger partial charge in [-0.1, -0.05) is 175 Å². The highest BCUT2D eigenvalue weighted by Gasteiger charge is 2.51. The second-order valence-electron chi connectivity index (χ2n) is 31.5. The zero-order chi connectivity index (χ0) is 97.1. The third-order valence-electron chi connectivity index (χ3n) is 21.9. The molecule has 710 valence electrons. The van der Waals surface area contributed by atoms with E-state index in [0.717, 1.165) is 22.3 Å². The zero-order valence-corrected chi connectivity index (χ0v) is 78.0. The number of aryl methyl sites for hydroxylation is 1. The number of amides is 12. The van der Waals surface area contributed by atoms with Crippen LogP contribution in [0.5, 0.6) is 46.0 Å². The molecule has 1 saturated carbocycles. The quantitative estimate of drug-likeness (QED) is 0.0226. The van der Waals surface area contributed by atoms with E-state index in [-0.39, 0.29) is 72.6 Å². The maximum absolute atomic E-state index is 13.4. The average Bonchev–Trinajstić information content (AvgIpc) is 1.61. The van der Waals surface area contributed by atoms with E-state index in [9.17, 15) is 72.0 Å². The third-order valence-corrected chi connectivity index (χ3v) is 28.5. The Balaban J connectivity index is 0.000000153. The van der Waals surface area contributed by atoms with Crippen LogP contribution in [0.4, 0.5) is 41.9 Å². The third kappa shape index (κ3) is 25.6. The molecular formula is C95H95ClN12O24S4. The van der Waals surface area contributed by atoms with E-state index in [1.807, 2.05) is 135 Å². The van der Waals surface area contributed by atoms with Gasteiger partial charge in [0.25, 0.3) is 30.1 Å². The van der Waals surface area contributed by atoms with Gasteiger partial charge in [-0.3, -0.25) is 19.2 Å². The number of rotatable bonds is 28. The number of hydrogen-bond donors (Lipinski definition) is 8. The summed E-state index contributed by atoms with van der Waals surface area (Å²) in [5.74, 6) is 2.63. The largest absolute Gasteiger partial charge is 0.454 e. The van der Waals surface area contributed by atoms with Gasteiger partial charge in [0.15, 0.2) is 46.0 Å². The average molecular weight is 1950 g/mol. The fourth-order valence-electron chi connectivity index (χ4n) is 14.1. The van der Waals surface area contributed by atoms with Gasteiger partial charge in [-0.15, -0.1) is 0 Å². The van der Waals surface area contributed by atoms with E-state index in [0.29, 0.717) is 87.2 Å². The Morgan fingerprint density at radius 2 is 0.581 bits per heavy atom. The van der Waals surface area contributed by atoms with Gasteiger partial charge < -0.3 is 78.8 Å². The molecule has 0 unspecified atom stereocenters. The molecule has 1 aliphatic carbocycles. The van der Waals surface area contributed by atoms with Gasteiger partial charge in [0.05, 0.1) is 19.4 Å². The van der Waals surface area contributed by atoms with Gasteiger partial charge in [0, 0.05) is 106 Å². The Morgan fingerprint density at radius 1 is 0.316 bits per heavy atom. The smallest absolute Gasteiger partial charge is 0.329 e. The summed E-state index contributed by atoms with van der Waals surface area (Å²) >= 11 is 5.87. The van der Waals surface area contributed by atoms with Gasteiger partial charge >= 0.3 is 24.1 Å². The van der Waals surface area contributed by atoms with Crippen LogP contribution < -0.4 is 97.7 Å². The number of likely N-dealkylation sites (N-methyl/N-ethyl adjacent to an activating group) is 4. The molecule has 11 aromatic rings. The van der Waals surface area contributed by atoms with E-state index < -0.39 is 117 Å². The minimum absolute atomic E-state index is 0.0152. The number of fused-ring (bicyclic) bond motifs is 4. The molecule has 16 rings (SSSR count). The Kier molecular flexibility index (Phi) is 31.6. The number of anilines is 4. The van der Waals surface area contributed by atoms with Crippen molar-refractivity contribution in [2.75, 3.05) is 75.0 Å². The van der Waals surface area contributed by atoms with Gasteiger partial charge in [0.1, 0.15) is 24.2 Å². The van der Waals surface area contributed by atoms with Crippen molar-refractivity contribution in [3.63, 3.8) is 0 Å². The van der Waals surface area contributed by atoms with Crippen molar-refractivity contribution in [2.24, 2.45) is 0 Å². The van der Waals surface area contributed by atoms with E-state index in [1.165, 1.54) is 62.1 Å². The van der Waals surface area contributed by atoms with Crippen LogP contribution in [0, 0.1) is 6.92 Å².